The fraction of sp³-hybridized carbons (Fsp3) is 0.500. The second kappa shape index (κ2) is 5.80. The number of nitrogens with one attached hydrogen (secondary N) is 2. The molecule has 0 spiro atoms. The Hall–Kier alpha value is -2.35. The van der Waals surface area contributed by atoms with E-state index < -0.39 is 0 Å². The van der Waals surface area contributed by atoms with Crippen molar-refractivity contribution in [2.75, 3.05) is 13.2 Å². The lowest BCUT2D eigenvalue weighted by atomic mass is 10.1. The first kappa shape index (κ1) is 14.6. The van der Waals surface area contributed by atoms with E-state index in [0.29, 0.717) is 24.7 Å². The molecule has 0 aliphatic carbocycles. The Balaban J connectivity index is 1.66. The van der Waals surface area contributed by atoms with Gasteiger partial charge in [0.1, 0.15) is 6.10 Å². The van der Waals surface area contributed by atoms with E-state index >= 15 is 0 Å². The highest BCUT2D eigenvalue weighted by atomic mass is 16.5. The second-order valence-corrected chi connectivity index (χ2v) is 5.45. The summed E-state index contributed by atoms with van der Waals surface area (Å²) in [5.41, 5.74) is 2.14. The summed E-state index contributed by atoms with van der Waals surface area (Å²) in [6, 6.07) is -0.218. The fourth-order valence-electron chi connectivity index (χ4n) is 2.36. The Bertz CT molecular complexity index is 678. The largest absolute Gasteiger partial charge is 0.482 e. The van der Waals surface area contributed by atoms with Crippen molar-refractivity contribution in [1.82, 2.24) is 25.3 Å². The highest BCUT2D eigenvalue weighted by Gasteiger charge is 2.32. The minimum Gasteiger partial charge on any atom is -0.482 e. The maximum Gasteiger partial charge on any atom is 0.272 e. The standard InChI is InChI=1S/C14H19N5O3/c1-8-9(2)17-18-13(8)14(20)16-11-6-21-7-12(11)22-10-4-15-19(3)5-10/h4-5,11-12H,6-7H2,1-3H3,(H,16,20)(H,17,18)/t11-,12+/m0/s1. The van der Waals surface area contributed by atoms with Crippen LogP contribution in [-0.4, -0.2) is 51.2 Å². The van der Waals surface area contributed by atoms with Crippen molar-refractivity contribution in [1.29, 1.82) is 0 Å². The number of carbonyl (C=O) groups is 1. The number of carbonyl (C=O) groups excluding carboxylic acids is 1. The van der Waals surface area contributed by atoms with Crippen molar-refractivity contribution < 1.29 is 14.3 Å². The summed E-state index contributed by atoms with van der Waals surface area (Å²) >= 11 is 0. The molecule has 3 heterocycles. The SMILES string of the molecule is Cc1[nH]nc(C(=O)N[C@H]2COC[C@H]2Oc2cnn(C)c2)c1C. The van der Waals surface area contributed by atoms with Gasteiger partial charge < -0.3 is 14.8 Å². The zero-order chi connectivity index (χ0) is 15.7. The number of amides is 1. The predicted octanol–water partition coefficient (Wildman–Crippen LogP) is 0.336. The van der Waals surface area contributed by atoms with Crippen molar-refractivity contribution in [3.8, 4) is 5.75 Å². The number of aromatic amines is 1. The molecule has 0 aromatic carbocycles. The molecule has 8 nitrogen and oxygen atoms in total. The van der Waals surface area contributed by atoms with Crippen LogP contribution in [0.2, 0.25) is 0 Å². The van der Waals surface area contributed by atoms with Gasteiger partial charge >= 0.3 is 0 Å². The number of nitrogens with zero attached hydrogens (tertiary/aromatic N) is 3. The molecule has 2 N–H and O–H groups in total. The zero-order valence-electron chi connectivity index (χ0n) is 12.8. The van der Waals surface area contributed by atoms with Crippen molar-refractivity contribution in [3.63, 3.8) is 0 Å². The van der Waals surface area contributed by atoms with Gasteiger partial charge in [0.2, 0.25) is 0 Å². The van der Waals surface area contributed by atoms with Gasteiger partial charge in [-0.1, -0.05) is 0 Å². The molecule has 1 amide bonds. The number of ether oxygens (including phenoxy) is 2. The monoisotopic (exact) mass is 305 g/mol. The van der Waals surface area contributed by atoms with E-state index in [0.717, 1.165) is 11.3 Å². The molecule has 3 rings (SSSR count). The van der Waals surface area contributed by atoms with E-state index in [1.54, 1.807) is 17.1 Å². The summed E-state index contributed by atoms with van der Waals surface area (Å²) < 4.78 is 12.9. The molecule has 1 fully saturated rings. The molecule has 0 radical (unpaired) electrons. The predicted molar refractivity (Wildman–Crippen MR) is 77.8 cm³/mol. The molecular weight excluding hydrogens is 286 g/mol. The van der Waals surface area contributed by atoms with Crippen molar-refractivity contribution in [3.05, 3.63) is 29.3 Å². The van der Waals surface area contributed by atoms with E-state index in [1.807, 2.05) is 20.9 Å². The number of aryl methyl sites for hydroxylation is 2. The lowest BCUT2D eigenvalue weighted by Crippen LogP contribution is -2.45. The maximum atomic E-state index is 12.3. The van der Waals surface area contributed by atoms with Crippen LogP contribution in [0.4, 0.5) is 0 Å². The van der Waals surface area contributed by atoms with Crippen LogP contribution in [-0.2, 0) is 11.8 Å². The Morgan fingerprint density at radius 1 is 1.50 bits per heavy atom. The summed E-state index contributed by atoms with van der Waals surface area (Å²) in [7, 11) is 1.82. The molecule has 0 saturated carbocycles. The topological polar surface area (TPSA) is 94.1 Å². The normalized spacial score (nSPS) is 21.0. The third-order valence-corrected chi connectivity index (χ3v) is 3.78. The summed E-state index contributed by atoms with van der Waals surface area (Å²) in [6.45, 7) is 4.59. The number of aromatic nitrogens is 4. The minimum absolute atomic E-state index is 0.218. The van der Waals surface area contributed by atoms with Crippen LogP contribution in [0.3, 0.4) is 0 Å². The van der Waals surface area contributed by atoms with Crippen LogP contribution < -0.4 is 10.1 Å². The fourth-order valence-corrected chi connectivity index (χ4v) is 2.36. The summed E-state index contributed by atoms with van der Waals surface area (Å²) in [6.07, 6.45) is 3.17. The first-order valence-corrected chi connectivity index (χ1v) is 7.10. The number of H-pyrrole nitrogens is 1. The van der Waals surface area contributed by atoms with Crippen LogP contribution in [0.5, 0.6) is 5.75 Å². The molecule has 1 aliphatic rings. The summed E-state index contributed by atoms with van der Waals surface area (Å²) in [5, 5.41) is 13.8. The van der Waals surface area contributed by atoms with Gasteiger partial charge in [-0.2, -0.15) is 10.2 Å². The Kier molecular flexibility index (Phi) is 3.84. The van der Waals surface area contributed by atoms with E-state index in [4.69, 9.17) is 9.47 Å². The highest BCUT2D eigenvalue weighted by Crippen LogP contribution is 2.17. The Labute approximate surface area is 127 Å². The van der Waals surface area contributed by atoms with Crippen molar-refractivity contribution in [2.24, 2.45) is 7.05 Å². The van der Waals surface area contributed by atoms with Crippen LogP contribution >= 0.6 is 0 Å². The summed E-state index contributed by atoms with van der Waals surface area (Å²) in [4.78, 5) is 12.3. The molecular formula is C14H19N5O3. The van der Waals surface area contributed by atoms with Gasteiger partial charge in [-0.15, -0.1) is 0 Å². The maximum absolute atomic E-state index is 12.3. The van der Waals surface area contributed by atoms with Crippen molar-refractivity contribution in [2.45, 2.75) is 26.0 Å². The van der Waals surface area contributed by atoms with E-state index in [2.05, 4.69) is 20.6 Å². The number of hydrogen-bond acceptors (Lipinski definition) is 5. The Morgan fingerprint density at radius 3 is 2.95 bits per heavy atom. The van der Waals surface area contributed by atoms with Gasteiger partial charge in [0, 0.05) is 18.3 Å². The van der Waals surface area contributed by atoms with E-state index in [-0.39, 0.29) is 18.1 Å². The van der Waals surface area contributed by atoms with Gasteiger partial charge in [-0.05, 0) is 13.8 Å². The quantitative estimate of drug-likeness (QED) is 0.849. The molecule has 22 heavy (non-hydrogen) atoms. The molecule has 0 bridgehead atoms. The lowest BCUT2D eigenvalue weighted by molar-refractivity contribution is 0.0898. The second-order valence-electron chi connectivity index (χ2n) is 5.45. The van der Waals surface area contributed by atoms with Gasteiger partial charge in [0.25, 0.3) is 5.91 Å². The smallest absolute Gasteiger partial charge is 0.272 e. The molecule has 118 valence electrons. The van der Waals surface area contributed by atoms with Crippen LogP contribution in [0, 0.1) is 13.8 Å². The summed E-state index contributed by atoms with van der Waals surface area (Å²) in [5.74, 6) is 0.432. The first-order valence-electron chi connectivity index (χ1n) is 7.10. The lowest BCUT2D eigenvalue weighted by Gasteiger charge is -2.19. The third-order valence-electron chi connectivity index (χ3n) is 3.78. The van der Waals surface area contributed by atoms with Gasteiger partial charge in [0.05, 0.1) is 31.6 Å². The molecule has 8 heteroatoms. The molecule has 0 unspecified atom stereocenters. The molecule has 2 aromatic heterocycles. The molecule has 2 atom stereocenters. The number of rotatable bonds is 4. The first-order chi connectivity index (χ1) is 10.5. The van der Waals surface area contributed by atoms with Gasteiger partial charge in [0.15, 0.2) is 11.4 Å². The van der Waals surface area contributed by atoms with Gasteiger partial charge in [-0.25, -0.2) is 0 Å². The van der Waals surface area contributed by atoms with Crippen LogP contribution in [0.1, 0.15) is 21.7 Å². The van der Waals surface area contributed by atoms with Crippen LogP contribution in [0.15, 0.2) is 12.4 Å². The molecule has 1 saturated heterocycles. The average Bonchev–Trinajstić information content (AvgIpc) is 3.16. The van der Waals surface area contributed by atoms with Gasteiger partial charge in [-0.3, -0.25) is 14.6 Å². The van der Waals surface area contributed by atoms with E-state index in [1.165, 1.54) is 0 Å². The highest BCUT2D eigenvalue weighted by molar-refractivity contribution is 5.94. The zero-order valence-corrected chi connectivity index (χ0v) is 12.8. The average molecular weight is 305 g/mol. The number of hydrogen-bond donors (Lipinski definition) is 2. The third kappa shape index (κ3) is 2.82. The molecule has 2 aromatic rings. The molecule has 1 aliphatic heterocycles. The van der Waals surface area contributed by atoms with Crippen LogP contribution in [0.25, 0.3) is 0 Å². The Morgan fingerprint density at radius 2 is 2.32 bits per heavy atom. The minimum atomic E-state index is -0.242. The van der Waals surface area contributed by atoms with E-state index in [9.17, 15) is 4.79 Å². The van der Waals surface area contributed by atoms with Crippen molar-refractivity contribution >= 4 is 5.91 Å².